The van der Waals surface area contributed by atoms with Gasteiger partial charge in [-0.05, 0) is 25.0 Å². The molecule has 0 saturated carbocycles. The van der Waals surface area contributed by atoms with Crippen molar-refractivity contribution >= 4 is 31.6 Å². The number of hydrogen-bond acceptors (Lipinski definition) is 4. The Morgan fingerprint density at radius 2 is 1.64 bits per heavy atom. The summed E-state index contributed by atoms with van der Waals surface area (Å²) >= 11 is 0. The predicted molar refractivity (Wildman–Crippen MR) is 85.7 cm³/mol. The molecule has 3 rings (SSSR count). The minimum absolute atomic E-state index is 0.214. The van der Waals surface area contributed by atoms with E-state index in [4.69, 9.17) is 0 Å². The minimum Gasteiger partial charge on any atom is -0.254 e. The molecule has 122 valence electrons. The maximum absolute atomic E-state index is 12.6. The molecule has 0 unspecified atom stereocenters. The molecule has 0 aliphatic carbocycles. The Bertz CT molecular complexity index is 783. The molecule has 2 heterocycles. The van der Waals surface area contributed by atoms with E-state index in [-0.39, 0.29) is 6.04 Å². The SMILES string of the molecule is CN1c2ccccc2N(C2CCN(S(C)(=O)=O)CC2)S1(=O)=O. The van der Waals surface area contributed by atoms with Gasteiger partial charge >= 0.3 is 10.2 Å². The van der Waals surface area contributed by atoms with E-state index in [0.29, 0.717) is 37.3 Å². The lowest BCUT2D eigenvalue weighted by molar-refractivity contribution is 0.323. The van der Waals surface area contributed by atoms with Crippen LogP contribution in [0.5, 0.6) is 0 Å². The third kappa shape index (κ3) is 2.37. The maximum Gasteiger partial charge on any atom is 0.326 e. The van der Waals surface area contributed by atoms with Crippen LogP contribution in [0.2, 0.25) is 0 Å². The topological polar surface area (TPSA) is 78.0 Å². The van der Waals surface area contributed by atoms with Gasteiger partial charge in [0.25, 0.3) is 0 Å². The Morgan fingerprint density at radius 1 is 1.09 bits per heavy atom. The summed E-state index contributed by atoms with van der Waals surface area (Å²) in [6.45, 7) is 0.697. The molecule has 0 N–H and O–H groups in total. The van der Waals surface area contributed by atoms with Crippen molar-refractivity contribution in [3.63, 3.8) is 0 Å². The van der Waals surface area contributed by atoms with E-state index in [1.165, 1.54) is 19.2 Å². The Labute approximate surface area is 131 Å². The Balaban J connectivity index is 1.90. The summed E-state index contributed by atoms with van der Waals surface area (Å²) in [6.07, 6.45) is 2.17. The van der Waals surface area contributed by atoms with Crippen LogP contribution in [0.3, 0.4) is 0 Å². The monoisotopic (exact) mass is 345 g/mol. The zero-order valence-electron chi connectivity index (χ0n) is 12.5. The van der Waals surface area contributed by atoms with E-state index in [2.05, 4.69) is 0 Å². The van der Waals surface area contributed by atoms with Crippen molar-refractivity contribution in [2.75, 3.05) is 35.0 Å². The molecule has 0 atom stereocenters. The van der Waals surface area contributed by atoms with Crippen LogP contribution in [0, 0.1) is 0 Å². The standard InChI is InChI=1S/C13H19N3O4S2/c1-14-12-5-3-4-6-13(12)16(22(14,19)20)11-7-9-15(10-8-11)21(2,17)18/h3-6,11H,7-10H2,1-2H3. The molecule has 0 bridgehead atoms. The molecule has 0 aromatic heterocycles. The zero-order chi connectivity index (χ0) is 16.1. The summed E-state index contributed by atoms with van der Waals surface area (Å²) in [4.78, 5) is 0. The van der Waals surface area contributed by atoms with Crippen molar-refractivity contribution in [3.05, 3.63) is 24.3 Å². The van der Waals surface area contributed by atoms with Crippen molar-refractivity contribution in [3.8, 4) is 0 Å². The van der Waals surface area contributed by atoms with Crippen molar-refractivity contribution in [1.82, 2.24) is 4.31 Å². The quantitative estimate of drug-likeness (QED) is 0.787. The van der Waals surface area contributed by atoms with Gasteiger partial charge in [-0.2, -0.15) is 8.42 Å². The summed E-state index contributed by atoms with van der Waals surface area (Å²) in [5.41, 5.74) is 1.33. The highest BCUT2D eigenvalue weighted by Gasteiger charge is 2.43. The van der Waals surface area contributed by atoms with E-state index < -0.39 is 20.2 Å². The van der Waals surface area contributed by atoms with E-state index >= 15 is 0 Å². The van der Waals surface area contributed by atoms with E-state index in [0.717, 1.165) is 0 Å². The average Bonchev–Trinajstić information content (AvgIpc) is 2.66. The number of sulfonamides is 1. The first-order chi connectivity index (χ1) is 10.2. The number of anilines is 2. The van der Waals surface area contributed by atoms with Gasteiger partial charge in [0.2, 0.25) is 10.0 Å². The van der Waals surface area contributed by atoms with Gasteiger partial charge in [-0.3, -0.25) is 4.31 Å². The van der Waals surface area contributed by atoms with Gasteiger partial charge in [-0.25, -0.2) is 17.0 Å². The first-order valence-corrected chi connectivity index (χ1v) is 10.3. The van der Waals surface area contributed by atoms with E-state index in [1.807, 2.05) is 6.07 Å². The van der Waals surface area contributed by atoms with Crippen LogP contribution in [0.1, 0.15) is 12.8 Å². The summed E-state index contributed by atoms with van der Waals surface area (Å²) in [6, 6.07) is 6.97. The van der Waals surface area contributed by atoms with Gasteiger partial charge in [0.05, 0.1) is 17.6 Å². The van der Waals surface area contributed by atoms with Crippen molar-refractivity contribution in [1.29, 1.82) is 0 Å². The summed E-state index contributed by atoms with van der Waals surface area (Å²) in [5, 5.41) is 0. The van der Waals surface area contributed by atoms with Crippen molar-refractivity contribution in [2.24, 2.45) is 0 Å². The van der Waals surface area contributed by atoms with E-state index in [9.17, 15) is 16.8 Å². The van der Waals surface area contributed by atoms with Crippen molar-refractivity contribution < 1.29 is 16.8 Å². The number of rotatable bonds is 2. The summed E-state index contributed by atoms with van der Waals surface area (Å²) < 4.78 is 52.6. The fourth-order valence-corrected chi connectivity index (χ4v) is 5.62. The molecule has 7 nitrogen and oxygen atoms in total. The highest BCUT2D eigenvalue weighted by molar-refractivity contribution is 7.94. The molecule has 2 aliphatic rings. The second-order valence-corrected chi connectivity index (χ2v) is 9.47. The fraction of sp³-hybridized carbons (Fsp3) is 0.538. The van der Waals surface area contributed by atoms with Crippen molar-refractivity contribution in [2.45, 2.75) is 18.9 Å². The highest BCUT2D eigenvalue weighted by Crippen LogP contribution is 2.42. The Hall–Kier alpha value is -1.32. The number of nitrogens with zero attached hydrogens (tertiary/aromatic N) is 3. The third-order valence-corrected chi connectivity index (χ3v) is 7.46. The van der Waals surface area contributed by atoms with Gasteiger partial charge in [0.15, 0.2) is 0 Å². The van der Waals surface area contributed by atoms with Gasteiger partial charge in [-0.15, -0.1) is 0 Å². The predicted octanol–water partition coefficient (Wildman–Crippen LogP) is 0.612. The highest BCUT2D eigenvalue weighted by atomic mass is 32.2. The van der Waals surface area contributed by atoms with Gasteiger partial charge in [0.1, 0.15) is 0 Å². The molecule has 9 heteroatoms. The molecule has 1 aromatic carbocycles. The molecule has 2 aliphatic heterocycles. The smallest absolute Gasteiger partial charge is 0.254 e. The van der Waals surface area contributed by atoms with Gasteiger partial charge in [0, 0.05) is 26.2 Å². The molecule has 22 heavy (non-hydrogen) atoms. The number of piperidine rings is 1. The number of hydrogen-bond donors (Lipinski definition) is 0. The molecular formula is C13H19N3O4S2. The third-order valence-electron chi connectivity index (χ3n) is 4.28. The lowest BCUT2D eigenvalue weighted by Crippen LogP contribution is -2.49. The molecule has 0 radical (unpaired) electrons. The van der Waals surface area contributed by atoms with Crippen LogP contribution in [0.15, 0.2) is 24.3 Å². The van der Waals surface area contributed by atoms with Gasteiger partial charge < -0.3 is 0 Å². The Kier molecular flexibility index (Phi) is 3.61. The van der Waals surface area contributed by atoms with E-state index in [1.54, 1.807) is 25.2 Å². The molecule has 1 saturated heterocycles. The normalized spacial score (nSPS) is 22.8. The van der Waals surface area contributed by atoms with Gasteiger partial charge in [-0.1, -0.05) is 12.1 Å². The molecule has 0 amide bonds. The largest absolute Gasteiger partial charge is 0.326 e. The lowest BCUT2D eigenvalue weighted by atomic mass is 10.1. The summed E-state index contributed by atoms with van der Waals surface area (Å²) in [5.74, 6) is 0. The number of para-hydroxylation sites is 2. The second kappa shape index (κ2) is 5.10. The Morgan fingerprint density at radius 3 is 2.18 bits per heavy atom. The summed E-state index contributed by atoms with van der Waals surface area (Å²) in [7, 11) is -5.26. The van der Waals surface area contributed by atoms with Crippen LogP contribution >= 0.6 is 0 Å². The van der Waals surface area contributed by atoms with Crippen LogP contribution in [0.4, 0.5) is 11.4 Å². The number of benzene rings is 1. The number of fused-ring (bicyclic) bond motifs is 1. The first-order valence-electron chi connectivity index (χ1n) is 7.05. The van der Waals surface area contributed by atoms with Crippen LogP contribution in [0.25, 0.3) is 0 Å². The average molecular weight is 345 g/mol. The zero-order valence-corrected chi connectivity index (χ0v) is 14.1. The van der Waals surface area contributed by atoms with Crippen LogP contribution in [-0.4, -0.2) is 53.6 Å². The molecular weight excluding hydrogens is 326 g/mol. The van der Waals surface area contributed by atoms with Crippen LogP contribution < -0.4 is 8.61 Å². The lowest BCUT2D eigenvalue weighted by Gasteiger charge is -2.35. The maximum atomic E-state index is 12.6. The minimum atomic E-state index is -3.58. The second-order valence-electron chi connectivity index (χ2n) is 5.65. The molecule has 1 fully saturated rings. The van der Waals surface area contributed by atoms with Crippen LogP contribution in [-0.2, 0) is 20.2 Å². The molecule has 1 aromatic rings. The first kappa shape index (κ1) is 15.6. The molecule has 0 spiro atoms. The fourth-order valence-electron chi connectivity index (χ4n) is 3.09.